The minimum Gasteiger partial charge on any atom is -0.487 e. The minimum absolute atomic E-state index is 0.279. The summed E-state index contributed by atoms with van der Waals surface area (Å²) in [5.74, 6) is 0.112. The molecule has 0 aliphatic rings. The molecule has 0 bridgehead atoms. The Morgan fingerprint density at radius 3 is 2.50 bits per heavy atom. The molecule has 0 saturated carbocycles. The van der Waals surface area contributed by atoms with Crippen LogP contribution in [0.1, 0.15) is 5.56 Å². The topological polar surface area (TPSA) is 21.3 Å². The van der Waals surface area contributed by atoms with Gasteiger partial charge >= 0.3 is 0 Å². The molecule has 0 radical (unpaired) electrons. The van der Waals surface area contributed by atoms with Crippen LogP contribution >= 0.6 is 11.6 Å². The summed E-state index contributed by atoms with van der Waals surface area (Å²) in [5.41, 5.74) is 2.06. The zero-order valence-corrected chi connectivity index (χ0v) is 10.7. The fourth-order valence-corrected chi connectivity index (χ4v) is 1.74. The number of rotatable bonds is 4. The van der Waals surface area contributed by atoms with Crippen molar-refractivity contribution in [2.45, 2.75) is 6.61 Å². The van der Waals surface area contributed by atoms with E-state index in [9.17, 15) is 4.39 Å². The van der Waals surface area contributed by atoms with Crippen LogP contribution in [-0.2, 0) is 6.61 Å². The second kappa shape index (κ2) is 5.74. The third kappa shape index (κ3) is 3.14. The monoisotopic (exact) mass is 265 g/mol. The third-order valence-electron chi connectivity index (χ3n) is 2.53. The quantitative estimate of drug-likeness (QED) is 0.899. The molecule has 0 aliphatic heterocycles. The van der Waals surface area contributed by atoms with Crippen LogP contribution < -0.4 is 10.1 Å². The predicted octanol–water partition coefficient (Wildman–Crippen LogP) is 4.10. The molecule has 2 aromatic rings. The summed E-state index contributed by atoms with van der Waals surface area (Å²) in [6.45, 7) is 0.398. The molecule has 0 heterocycles. The molecular weight excluding hydrogens is 253 g/mol. The van der Waals surface area contributed by atoms with E-state index in [0.717, 1.165) is 11.3 Å². The second-order valence-electron chi connectivity index (χ2n) is 3.81. The van der Waals surface area contributed by atoms with Crippen molar-refractivity contribution >= 4 is 17.3 Å². The van der Waals surface area contributed by atoms with Crippen LogP contribution in [0.5, 0.6) is 5.75 Å². The Kier molecular flexibility index (Phi) is 4.05. The number of nitrogens with one attached hydrogen (secondary N) is 1. The lowest BCUT2D eigenvalue weighted by Gasteiger charge is -2.08. The maximum Gasteiger partial charge on any atom is 0.138 e. The summed E-state index contributed by atoms with van der Waals surface area (Å²) in [7, 11) is 1.86. The molecule has 2 rings (SSSR count). The Morgan fingerprint density at radius 1 is 1.17 bits per heavy atom. The third-order valence-corrected chi connectivity index (χ3v) is 2.83. The maximum atomic E-state index is 12.8. The highest BCUT2D eigenvalue weighted by molar-refractivity contribution is 6.32. The number of halogens is 2. The van der Waals surface area contributed by atoms with Crippen LogP contribution in [0.4, 0.5) is 10.1 Å². The first-order chi connectivity index (χ1) is 8.69. The summed E-state index contributed by atoms with van der Waals surface area (Å²) in [4.78, 5) is 0. The number of benzene rings is 2. The fraction of sp³-hybridized carbons (Fsp3) is 0.143. The molecule has 1 N–H and O–H groups in total. The molecular formula is C14H13ClFNO. The summed E-state index contributed by atoms with van der Waals surface area (Å²) in [6, 6.07) is 11.9. The van der Waals surface area contributed by atoms with Gasteiger partial charge in [-0.1, -0.05) is 23.7 Å². The Labute approximate surface area is 110 Å². The highest BCUT2D eigenvalue weighted by Gasteiger charge is 2.03. The van der Waals surface area contributed by atoms with Gasteiger partial charge in [-0.3, -0.25) is 0 Å². The largest absolute Gasteiger partial charge is 0.487 e. The average molecular weight is 266 g/mol. The van der Waals surface area contributed by atoms with E-state index in [0.29, 0.717) is 12.4 Å². The lowest BCUT2D eigenvalue weighted by molar-refractivity contribution is 0.306. The molecule has 94 valence electrons. The van der Waals surface area contributed by atoms with E-state index in [4.69, 9.17) is 16.3 Å². The van der Waals surface area contributed by atoms with Crippen molar-refractivity contribution in [3.05, 3.63) is 58.9 Å². The standard InChI is InChI=1S/C14H13ClFNO/c1-17-12-5-2-10(3-6-12)9-18-14-7-4-11(16)8-13(14)15/h2-8,17H,9H2,1H3. The van der Waals surface area contributed by atoms with Crippen molar-refractivity contribution in [1.29, 1.82) is 0 Å². The van der Waals surface area contributed by atoms with Crippen molar-refractivity contribution in [2.24, 2.45) is 0 Å². The Bertz CT molecular complexity index is 528. The van der Waals surface area contributed by atoms with Crippen LogP contribution in [0.25, 0.3) is 0 Å². The van der Waals surface area contributed by atoms with Gasteiger partial charge in [-0.15, -0.1) is 0 Å². The van der Waals surface area contributed by atoms with Gasteiger partial charge in [0.05, 0.1) is 5.02 Å². The van der Waals surface area contributed by atoms with Gasteiger partial charge in [0, 0.05) is 12.7 Å². The van der Waals surface area contributed by atoms with Gasteiger partial charge in [-0.25, -0.2) is 4.39 Å². The van der Waals surface area contributed by atoms with Crippen molar-refractivity contribution < 1.29 is 9.13 Å². The molecule has 2 nitrogen and oxygen atoms in total. The van der Waals surface area contributed by atoms with Gasteiger partial charge in [0.15, 0.2) is 0 Å². The van der Waals surface area contributed by atoms with Crippen LogP contribution in [-0.4, -0.2) is 7.05 Å². The summed E-state index contributed by atoms with van der Waals surface area (Å²) in [6.07, 6.45) is 0. The summed E-state index contributed by atoms with van der Waals surface area (Å²) >= 11 is 5.87. The molecule has 0 aliphatic carbocycles. The van der Waals surface area contributed by atoms with Crippen molar-refractivity contribution in [3.63, 3.8) is 0 Å². The first-order valence-electron chi connectivity index (χ1n) is 5.53. The summed E-state index contributed by atoms with van der Waals surface area (Å²) < 4.78 is 18.4. The molecule has 2 aromatic carbocycles. The molecule has 0 atom stereocenters. The van der Waals surface area contributed by atoms with Gasteiger partial charge < -0.3 is 10.1 Å². The highest BCUT2D eigenvalue weighted by Crippen LogP contribution is 2.25. The van der Waals surface area contributed by atoms with E-state index in [1.807, 2.05) is 31.3 Å². The number of hydrogen-bond donors (Lipinski definition) is 1. The Morgan fingerprint density at radius 2 is 1.89 bits per heavy atom. The molecule has 4 heteroatoms. The van der Waals surface area contributed by atoms with Crippen LogP contribution in [0, 0.1) is 5.82 Å². The van der Waals surface area contributed by atoms with Crippen LogP contribution in [0.2, 0.25) is 5.02 Å². The van der Waals surface area contributed by atoms with Crippen molar-refractivity contribution in [1.82, 2.24) is 0 Å². The van der Waals surface area contributed by atoms with E-state index in [-0.39, 0.29) is 10.8 Å². The first-order valence-corrected chi connectivity index (χ1v) is 5.91. The normalized spacial score (nSPS) is 10.2. The van der Waals surface area contributed by atoms with E-state index < -0.39 is 0 Å². The Hall–Kier alpha value is -1.74. The fourth-order valence-electron chi connectivity index (χ4n) is 1.52. The van der Waals surface area contributed by atoms with Crippen molar-refractivity contribution in [3.8, 4) is 5.75 Å². The van der Waals surface area contributed by atoms with Gasteiger partial charge in [-0.05, 0) is 35.9 Å². The zero-order valence-electron chi connectivity index (χ0n) is 9.91. The molecule has 0 amide bonds. The average Bonchev–Trinajstić information content (AvgIpc) is 2.38. The van der Waals surface area contributed by atoms with Gasteiger partial charge in [0.2, 0.25) is 0 Å². The molecule has 0 unspecified atom stereocenters. The smallest absolute Gasteiger partial charge is 0.138 e. The van der Waals surface area contributed by atoms with Crippen LogP contribution in [0.15, 0.2) is 42.5 Å². The molecule has 0 saturated heterocycles. The van der Waals surface area contributed by atoms with Crippen LogP contribution in [0.3, 0.4) is 0 Å². The van der Waals surface area contributed by atoms with Gasteiger partial charge in [0.1, 0.15) is 18.2 Å². The van der Waals surface area contributed by atoms with E-state index in [1.54, 1.807) is 0 Å². The van der Waals surface area contributed by atoms with E-state index in [1.165, 1.54) is 18.2 Å². The highest BCUT2D eigenvalue weighted by atomic mass is 35.5. The molecule has 18 heavy (non-hydrogen) atoms. The zero-order chi connectivity index (χ0) is 13.0. The lowest BCUT2D eigenvalue weighted by Crippen LogP contribution is -1.96. The van der Waals surface area contributed by atoms with E-state index >= 15 is 0 Å². The molecule has 0 spiro atoms. The molecule has 0 fully saturated rings. The molecule has 0 aromatic heterocycles. The maximum absolute atomic E-state index is 12.8. The predicted molar refractivity (Wildman–Crippen MR) is 71.7 cm³/mol. The number of hydrogen-bond acceptors (Lipinski definition) is 2. The second-order valence-corrected chi connectivity index (χ2v) is 4.22. The first kappa shape index (κ1) is 12.7. The number of anilines is 1. The van der Waals surface area contributed by atoms with E-state index in [2.05, 4.69) is 5.32 Å². The Balaban J connectivity index is 2.02. The van der Waals surface area contributed by atoms with Gasteiger partial charge in [-0.2, -0.15) is 0 Å². The van der Waals surface area contributed by atoms with Gasteiger partial charge in [0.25, 0.3) is 0 Å². The SMILES string of the molecule is CNc1ccc(COc2ccc(F)cc2Cl)cc1. The van der Waals surface area contributed by atoms with Crippen molar-refractivity contribution in [2.75, 3.05) is 12.4 Å². The minimum atomic E-state index is -0.370. The summed E-state index contributed by atoms with van der Waals surface area (Å²) in [5, 5.41) is 3.32. The lowest BCUT2D eigenvalue weighted by atomic mass is 10.2. The number of ether oxygens (including phenoxy) is 1.